The summed E-state index contributed by atoms with van der Waals surface area (Å²) in [6, 6.07) is 11.7. The zero-order valence-electron chi connectivity index (χ0n) is 11.5. The van der Waals surface area contributed by atoms with Crippen molar-refractivity contribution in [3.8, 4) is 0 Å². The van der Waals surface area contributed by atoms with E-state index in [1.807, 2.05) is 47.2 Å². The summed E-state index contributed by atoms with van der Waals surface area (Å²) in [5.41, 5.74) is 1.89. The zero-order valence-corrected chi connectivity index (χ0v) is 12.3. The summed E-state index contributed by atoms with van der Waals surface area (Å²) >= 11 is 1.53. The van der Waals surface area contributed by atoms with Crippen molar-refractivity contribution in [3.63, 3.8) is 0 Å². The lowest BCUT2D eigenvalue weighted by Crippen LogP contribution is -2.27. The van der Waals surface area contributed by atoms with Gasteiger partial charge in [0.25, 0.3) is 0 Å². The van der Waals surface area contributed by atoms with Crippen LogP contribution in [0.15, 0.2) is 47.2 Å². The third-order valence-corrected chi connectivity index (χ3v) is 4.27. The standard InChI is InChI=1S/C16H16N2O2S/c19-15-8-13(16(20)17-14-6-7-21-11-14)10-18(15)9-12-4-2-1-3-5-12/h1-7,11,13H,8-10H2,(H,17,20)/t13-/m1/s1. The summed E-state index contributed by atoms with van der Waals surface area (Å²) < 4.78 is 0. The Balaban J connectivity index is 1.60. The Bertz CT molecular complexity index is 625. The fraction of sp³-hybridized carbons (Fsp3) is 0.250. The number of carbonyl (C=O) groups excluding carboxylic acids is 2. The minimum Gasteiger partial charge on any atom is -0.338 e. The van der Waals surface area contributed by atoms with Gasteiger partial charge in [-0.25, -0.2) is 0 Å². The van der Waals surface area contributed by atoms with E-state index in [-0.39, 0.29) is 17.7 Å². The molecule has 0 aliphatic carbocycles. The third-order valence-electron chi connectivity index (χ3n) is 3.59. The Hall–Kier alpha value is -2.14. The topological polar surface area (TPSA) is 49.4 Å². The molecule has 1 atom stereocenters. The lowest BCUT2D eigenvalue weighted by atomic mass is 10.1. The van der Waals surface area contributed by atoms with Crippen LogP contribution in [0.5, 0.6) is 0 Å². The average molecular weight is 300 g/mol. The Morgan fingerprint density at radius 1 is 1.29 bits per heavy atom. The minimum absolute atomic E-state index is 0.0457. The number of benzene rings is 1. The van der Waals surface area contributed by atoms with Crippen LogP contribution in [0, 0.1) is 5.92 Å². The normalized spacial score (nSPS) is 18.0. The molecule has 1 aliphatic rings. The number of thiophene rings is 1. The van der Waals surface area contributed by atoms with Gasteiger partial charge in [-0.1, -0.05) is 30.3 Å². The molecule has 0 saturated carbocycles. The van der Waals surface area contributed by atoms with Crippen molar-refractivity contribution in [2.75, 3.05) is 11.9 Å². The van der Waals surface area contributed by atoms with Crippen LogP contribution in [0.3, 0.4) is 0 Å². The van der Waals surface area contributed by atoms with E-state index in [4.69, 9.17) is 0 Å². The van der Waals surface area contributed by atoms with Crippen molar-refractivity contribution >= 4 is 28.8 Å². The van der Waals surface area contributed by atoms with Gasteiger partial charge in [0.15, 0.2) is 0 Å². The lowest BCUT2D eigenvalue weighted by molar-refractivity contribution is -0.128. The molecule has 2 amide bonds. The molecule has 1 saturated heterocycles. The van der Waals surface area contributed by atoms with Crippen LogP contribution in [0.2, 0.25) is 0 Å². The number of carbonyl (C=O) groups is 2. The number of hydrogen-bond acceptors (Lipinski definition) is 3. The highest BCUT2D eigenvalue weighted by atomic mass is 32.1. The van der Waals surface area contributed by atoms with Crippen molar-refractivity contribution in [2.24, 2.45) is 5.92 Å². The Morgan fingerprint density at radius 3 is 2.81 bits per heavy atom. The summed E-state index contributed by atoms with van der Waals surface area (Å²) in [5.74, 6) is -0.289. The second-order valence-corrected chi connectivity index (χ2v) is 5.94. The third kappa shape index (κ3) is 3.31. The van der Waals surface area contributed by atoms with Gasteiger partial charge in [-0.05, 0) is 17.0 Å². The molecular weight excluding hydrogens is 284 g/mol. The van der Waals surface area contributed by atoms with Crippen LogP contribution in [-0.2, 0) is 16.1 Å². The molecule has 1 aromatic carbocycles. The number of nitrogens with zero attached hydrogens (tertiary/aromatic N) is 1. The minimum atomic E-state index is -0.263. The van der Waals surface area contributed by atoms with Gasteiger partial charge in [-0.15, -0.1) is 0 Å². The highest BCUT2D eigenvalue weighted by Gasteiger charge is 2.34. The number of nitrogens with one attached hydrogen (secondary N) is 1. The van der Waals surface area contributed by atoms with Gasteiger partial charge in [0.2, 0.25) is 11.8 Å². The van der Waals surface area contributed by atoms with Gasteiger partial charge in [-0.3, -0.25) is 9.59 Å². The van der Waals surface area contributed by atoms with E-state index in [0.717, 1.165) is 11.3 Å². The maximum absolute atomic E-state index is 12.2. The van der Waals surface area contributed by atoms with Crippen LogP contribution in [0.25, 0.3) is 0 Å². The predicted octanol–water partition coefficient (Wildman–Crippen LogP) is 2.74. The molecule has 1 fully saturated rings. The van der Waals surface area contributed by atoms with E-state index in [2.05, 4.69) is 5.32 Å². The van der Waals surface area contributed by atoms with Crippen LogP contribution in [0.4, 0.5) is 5.69 Å². The molecule has 0 spiro atoms. The Labute approximate surface area is 127 Å². The molecule has 2 aromatic rings. The first-order chi connectivity index (χ1) is 10.2. The average Bonchev–Trinajstić information content (AvgIpc) is 3.11. The molecule has 0 bridgehead atoms. The fourth-order valence-electron chi connectivity index (χ4n) is 2.48. The second-order valence-electron chi connectivity index (χ2n) is 5.16. The smallest absolute Gasteiger partial charge is 0.229 e. The van der Waals surface area contributed by atoms with Gasteiger partial charge in [-0.2, -0.15) is 11.3 Å². The molecule has 108 valence electrons. The van der Waals surface area contributed by atoms with Crippen LogP contribution in [0.1, 0.15) is 12.0 Å². The van der Waals surface area contributed by atoms with Gasteiger partial charge in [0.05, 0.1) is 11.6 Å². The Kier molecular flexibility index (Phi) is 4.01. The van der Waals surface area contributed by atoms with Gasteiger partial charge in [0.1, 0.15) is 0 Å². The highest BCUT2D eigenvalue weighted by molar-refractivity contribution is 7.08. The first-order valence-corrected chi connectivity index (χ1v) is 7.81. The number of hydrogen-bond donors (Lipinski definition) is 1. The molecular formula is C16H16N2O2S. The van der Waals surface area contributed by atoms with E-state index < -0.39 is 0 Å². The van der Waals surface area contributed by atoms with Gasteiger partial charge in [0, 0.05) is 24.9 Å². The van der Waals surface area contributed by atoms with E-state index in [1.165, 1.54) is 11.3 Å². The predicted molar refractivity (Wildman–Crippen MR) is 82.9 cm³/mol. The summed E-state index contributed by atoms with van der Waals surface area (Å²) in [5, 5.41) is 6.66. The molecule has 21 heavy (non-hydrogen) atoms. The second kappa shape index (κ2) is 6.10. The quantitative estimate of drug-likeness (QED) is 0.944. The number of anilines is 1. The summed E-state index contributed by atoms with van der Waals surface area (Å²) in [6.07, 6.45) is 0.294. The molecule has 0 radical (unpaired) electrons. The van der Waals surface area contributed by atoms with Crippen molar-refractivity contribution in [3.05, 3.63) is 52.7 Å². The molecule has 4 nitrogen and oxygen atoms in total. The van der Waals surface area contributed by atoms with Crippen molar-refractivity contribution in [1.82, 2.24) is 4.90 Å². The maximum Gasteiger partial charge on any atom is 0.229 e. The largest absolute Gasteiger partial charge is 0.338 e. The van der Waals surface area contributed by atoms with Gasteiger partial charge >= 0.3 is 0 Å². The van der Waals surface area contributed by atoms with Crippen molar-refractivity contribution in [2.45, 2.75) is 13.0 Å². The lowest BCUT2D eigenvalue weighted by Gasteiger charge is -2.16. The molecule has 3 rings (SSSR count). The first-order valence-electron chi connectivity index (χ1n) is 6.87. The summed E-state index contributed by atoms with van der Waals surface area (Å²) in [4.78, 5) is 26.0. The monoisotopic (exact) mass is 300 g/mol. The molecule has 2 heterocycles. The van der Waals surface area contributed by atoms with E-state index in [0.29, 0.717) is 19.5 Å². The summed E-state index contributed by atoms with van der Waals surface area (Å²) in [6.45, 7) is 1.06. The Morgan fingerprint density at radius 2 is 2.10 bits per heavy atom. The highest BCUT2D eigenvalue weighted by Crippen LogP contribution is 2.22. The van der Waals surface area contributed by atoms with Crippen molar-refractivity contribution in [1.29, 1.82) is 0 Å². The maximum atomic E-state index is 12.2. The van der Waals surface area contributed by atoms with Crippen LogP contribution in [-0.4, -0.2) is 23.3 Å². The molecule has 1 aliphatic heterocycles. The van der Waals surface area contributed by atoms with Crippen LogP contribution >= 0.6 is 11.3 Å². The SMILES string of the molecule is O=C(Nc1ccsc1)[C@@H]1CC(=O)N(Cc2ccccc2)C1. The number of rotatable bonds is 4. The van der Waals surface area contributed by atoms with E-state index in [9.17, 15) is 9.59 Å². The molecule has 5 heteroatoms. The number of amides is 2. The first kappa shape index (κ1) is 13.8. The van der Waals surface area contributed by atoms with E-state index in [1.54, 1.807) is 4.90 Å². The fourth-order valence-corrected chi connectivity index (χ4v) is 3.07. The number of likely N-dealkylation sites (tertiary alicyclic amines) is 1. The van der Waals surface area contributed by atoms with Crippen molar-refractivity contribution < 1.29 is 9.59 Å². The molecule has 0 unspecified atom stereocenters. The molecule has 1 N–H and O–H groups in total. The molecule has 1 aromatic heterocycles. The van der Waals surface area contributed by atoms with Crippen LogP contribution < -0.4 is 5.32 Å². The van der Waals surface area contributed by atoms with Gasteiger partial charge < -0.3 is 10.2 Å². The summed E-state index contributed by atoms with van der Waals surface area (Å²) in [7, 11) is 0. The zero-order chi connectivity index (χ0) is 14.7. The van der Waals surface area contributed by atoms with E-state index >= 15 is 0 Å².